The zero-order chi connectivity index (χ0) is 14.7. The predicted molar refractivity (Wildman–Crippen MR) is 79.9 cm³/mol. The van der Waals surface area contributed by atoms with Crippen LogP contribution in [0.2, 0.25) is 0 Å². The van der Waals surface area contributed by atoms with Gasteiger partial charge >= 0.3 is 6.09 Å². The minimum absolute atomic E-state index is 0.205. The van der Waals surface area contributed by atoms with Crippen molar-refractivity contribution in [1.29, 1.82) is 0 Å². The molecule has 106 valence electrons. The third kappa shape index (κ3) is 2.66. The number of hydrogen-bond acceptors (Lipinski definition) is 3. The molecule has 0 aliphatic carbocycles. The Labute approximate surface area is 122 Å². The van der Waals surface area contributed by atoms with E-state index in [1.807, 2.05) is 54.6 Å². The Morgan fingerprint density at radius 1 is 1.05 bits per heavy atom. The topological polar surface area (TPSA) is 51.5 Å². The Balaban J connectivity index is 1.87. The van der Waals surface area contributed by atoms with E-state index >= 15 is 0 Å². The summed E-state index contributed by atoms with van der Waals surface area (Å²) in [4.78, 5) is 12.3. The van der Waals surface area contributed by atoms with Crippen molar-refractivity contribution < 1.29 is 14.6 Å². The van der Waals surface area contributed by atoms with E-state index in [9.17, 15) is 9.90 Å². The molecule has 3 aromatic rings. The number of hydrogen-bond donors (Lipinski definition) is 1. The lowest BCUT2D eigenvalue weighted by Gasteiger charge is -2.09. The highest BCUT2D eigenvalue weighted by molar-refractivity contribution is 5.90. The van der Waals surface area contributed by atoms with Crippen molar-refractivity contribution >= 4 is 17.0 Å². The third-order valence-corrected chi connectivity index (χ3v) is 3.34. The van der Waals surface area contributed by atoms with E-state index in [4.69, 9.17) is 4.74 Å². The van der Waals surface area contributed by atoms with Gasteiger partial charge in [0.15, 0.2) is 0 Å². The van der Waals surface area contributed by atoms with E-state index < -0.39 is 6.09 Å². The number of rotatable bonds is 3. The minimum Gasteiger partial charge on any atom is -0.444 e. The van der Waals surface area contributed by atoms with Gasteiger partial charge in [0.2, 0.25) is 0 Å². The lowest BCUT2D eigenvalue weighted by molar-refractivity contribution is 0.140. The highest BCUT2D eigenvalue weighted by Gasteiger charge is 2.15. The second-order valence-corrected chi connectivity index (χ2v) is 4.73. The molecule has 0 spiro atoms. The molecule has 4 nitrogen and oxygen atoms in total. The second-order valence-electron chi connectivity index (χ2n) is 4.73. The average molecular weight is 281 g/mol. The molecule has 1 N–H and O–H groups in total. The van der Waals surface area contributed by atoms with E-state index in [0.717, 1.165) is 16.5 Å². The van der Waals surface area contributed by atoms with Crippen LogP contribution in [0, 0.1) is 0 Å². The van der Waals surface area contributed by atoms with E-state index in [-0.39, 0.29) is 13.2 Å². The van der Waals surface area contributed by atoms with E-state index in [1.54, 1.807) is 6.07 Å². The monoisotopic (exact) mass is 281 g/mol. The summed E-state index contributed by atoms with van der Waals surface area (Å²) in [6.45, 7) is -0.00777. The molecule has 2 aromatic carbocycles. The molecule has 0 aliphatic rings. The molecule has 0 atom stereocenters. The summed E-state index contributed by atoms with van der Waals surface area (Å²) >= 11 is 0. The fourth-order valence-corrected chi connectivity index (χ4v) is 2.33. The van der Waals surface area contributed by atoms with Gasteiger partial charge in [-0.1, -0.05) is 48.5 Å². The van der Waals surface area contributed by atoms with E-state index in [1.165, 1.54) is 4.57 Å². The molecule has 1 aromatic heterocycles. The van der Waals surface area contributed by atoms with Gasteiger partial charge in [0.25, 0.3) is 0 Å². The van der Waals surface area contributed by atoms with Crippen molar-refractivity contribution in [2.75, 3.05) is 0 Å². The normalized spacial score (nSPS) is 10.7. The van der Waals surface area contributed by atoms with Gasteiger partial charge in [0.05, 0.1) is 17.8 Å². The van der Waals surface area contributed by atoms with Crippen LogP contribution in [-0.2, 0) is 18.0 Å². The molecule has 0 saturated heterocycles. The van der Waals surface area contributed by atoms with Crippen molar-refractivity contribution in [1.82, 2.24) is 4.57 Å². The molecule has 3 rings (SSSR count). The van der Waals surface area contributed by atoms with Crippen molar-refractivity contribution in [3.63, 3.8) is 0 Å². The Kier molecular flexibility index (Phi) is 3.71. The van der Waals surface area contributed by atoms with Gasteiger partial charge in [-0.15, -0.1) is 0 Å². The lowest BCUT2D eigenvalue weighted by Crippen LogP contribution is -2.16. The standard InChI is InChI=1S/C17H15NO3/c19-11-15-10-14-8-4-5-9-16(14)18(15)17(20)21-12-13-6-2-1-3-7-13/h1-10,19H,11-12H2. The summed E-state index contributed by atoms with van der Waals surface area (Å²) < 4.78 is 6.75. The zero-order valence-corrected chi connectivity index (χ0v) is 11.4. The first-order valence-electron chi connectivity index (χ1n) is 6.71. The second kappa shape index (κ2) is 5.81. The Bertz CT molecular complexity index is 762. The fourth-order valence-electron chi connectivity index (χ4n) is 2.33. The number of benzene rings is 2. The van der Waals surface area contributed by atoms with Gasteiger partial charge < -0.3 is 9.84 Å². The first-order valence-corrected chi connectivity index (χ1v) is 6.71. The first kappa shape index (κ1) is 13.4. The maximum atomic E-state index is 12.3. The Morgan fingerprint density at radius 2 is 1.76 bits per heavy atom. The van der Waals surface area contributed by atoms with Crippen LogP contribution in [-0.4, -0.2) is 15.8 Å². The largest absolute Gasteiger partial charge is 0.444 e. The summed E-state index contributed by atoms with van der Waals surface area (Å²) in [6.07, 6.45) is -0.482. The molecule has 0 saturated carbocycles. The van der Waals surface area contributed by atoms with Crippen LogP contribution in [0.3, 0.4) is 0 Å². The number of para-hydroxylation sites is 1. The molecule has 0 unspecified atom stereocenters. The average Bonchev–Trinajstić information content (AvgIpc) is 2.92. The Hall–Kier alpha value is -2.59. The number of fused-ring (bicyclic) bond motifs is 1. The number of aromatic nitrogens is 1. The van der Waals surface area contributed by atoms with Gasteiger partial charge in [0.1, 0.15) is 6.61 Å². The number of nitrogens with zero attached hydrogens (tertiary/aromatic N) is 1. The number of aliphatic hydroxyl groups excluding tert-OH is 1. The Morgan fingerprint density at radius 3 is 2.52 bits per heavy atom. The maximum absolute atomic E-state index is 12.3. The molecular weight excluding hydrogens is 266 g/mol. The SMILES string of the molecule is O=C(OCc1ccccc1)n1c(CO)cc2ccccc21. The number of carbonyl (C=O) groups excluding carboxylic acids is 1. The molecule has 0 fully saturated rings. The molecule has 0 radical (unpaired) electrons. The van der Waals surface area contributed by atoms with Crippen LogP contribution in [0.25, 0.3) is 10.9 Å². The van der Waals surface area contributed by atoms with Gasteiger partial charge in [-0.05, 0) is 17.7 Å². The van der Waals surface area contributed by atoms with Crippen molar-refractivity contribution in [3.05, 3.63) is 71.9 Å². The van der Waals surface area contributed by atoms with Crippen LogP contribution in [0.1, 0.15) is 11.3 Å². The van der Waals surface area contributed by atoms with Gasteiger partial charge in [-0.2, -0.15) is 0 Å². The molecule has 4 heteroatoms. The summed E-state index contributed by atoms with van der Waals surface area (Å²) in [5, 5.41) is 10.3. The fraction of sp³-hybridized carbons (Fsp3) is 0.118. The molecule has 21 heavy (non-hydrogen) atoms. The van der Waals surface area contributed by atoms with Gasteiger partial charge in [0, 0.05) is 5.39 Å². The van der Waals surface area contributed by atoms with Crippen LogP contribution >= 0.6 is 0 Å². The minimum atomic E-state index is -0.482. The summed E-state index contributed by atoms with van der Waals surface area (Å²) in [5.74, 6) is 0. The highest BCUT2D eigenvalue weighted by atomic mass is 16.5. The summed E-state index contributed by atoms with van der Waals surface area (Å²) in [5.41, 5.74) is 2.18. The molecule has 0 bridgehead atoms. The summed E-state index contributed by atoms with van der Waals surface area (Å²) in [7, 11) is 0. The predicted octanol–water partition coefficient (Wildman–Crippen LogP) is 3.32. The number of ether oxygens (including phenoxy) is 1. The number of carbonyl (C=O) groups is 1. The van der Waals surface area contributed by atoms with Crippen molar-refractivity contribution in [2.24, 2.45) is 0 Å². The van der Waals surface area contributed by atoms with Gasteiger partial charge in [-0.25, -0.2) is 9.36 Å². The van der Waals surface area contributed by atoms with Crippen LogP contribution in [0.4, 0.5) is 4.79 Å². The number of aliphatic hydroxyl groups is 1. The third-order valence-electron chi connectivity index (χ3n) is 3.34. The molecule has 1 heterocycles. The van der Waals surface area contributed by atoms with Crippen molar-refractivity contribution in [2.45, 2.75) is 13.2 Å². The zero-order valence-electron chi connectivity index (χ0n) is 11.4. The first-order chi connectivity index (χ1) is 10.3. The lowest BCUT2D eigenvalue weighted by atomic mass is 10.2. The molecule has 0 amide bonds. The van der Waals surface area contributed by atoms with Gasteiger partial charge in [-0.3, -0.25) is 0 Å². The van der Waals surface area contributed by atoms with E-state index in [0.29, 0.717) is 5.69 Å². The van der Waals surface area contributed by atoms with Crippen LogP contribution < -0.4 is 0 Å². The van der Waals surface area contributed by atoms with E-state index in [2.05, 4.69) is 0 Å². The highest BCUT2D eigenvalue weighted by Crippen LogP contribution is 2.20. The molecule has 0 aliphatic heterocycles. The molecular formula is C17H15NO3. The smallest absolute Gasteiger partial charge is 0.419 e. The maximum Gasteiger partial charge on any atom is 0.419 e. The van der Waals surface area contributed by atoms with Crippen molar-refractivity contribution in [3.8, 4) is 0 Å². The quantitative estimate of drug-likeness (QED) is 0.801. The van der Waals surface area contributed by atoms with Crippen LogP contribution in [0.5, 0.6) is 0 Å². The van der Waals surface area contributed by atoms with Crippen LogP contribution in [0.15, 0.2) is 60.7 Å². The summed E-state index contributed by atoms with van der Waals surface area (Å²) in [6, 6.07) is 18.8.